The number of nitrogens with zero attached hydrogens (tertiary/aromatic N) is 4. The average Bonchev–Trinajstić information content (AvgIpc) is 3.29. The van der Waals surface area contributed by atoms with E-state index in [0.717, 1.165) is 24.9 Å². The first-order valence-corrected chi connectivity index (χ1v) is 10.5. The molecule has 0 aliphatic carbocycles. The first kappa shape index (κ1) is 20.0. The van der Waals surface area contributed by atoms with E-state index in [9.17, 15) is 9.59 Å². The number of hydrogen-bond donors (Lipinski definition) is 1. The van der Waals surface area contributed by atoms with Gasteiger partial charge in [-0.2, -0.15) is 0 Å². The molecule has 2 aliphatic rings. The minimum Gasteiger partial charge on any atom is -0.454 e. The highest BCUT2D eigenvalue weighted by Crippen LogP contribution is 2.34. The molecule has 9 heteroatoms. The van der Waals surface area contributed by atoms with E-state index < -0.39 is 0 Å². The Morgan fingerprint density at radius 3 is 2.78 bits per heavy atom. The fourth-order valence-corrected chi connectivity index (χ4v) is 4.07. The number of amides is 1. The molecule has 0 saturated carbocycles. The quantitative estimate of drug-likeness (QED) is 0.675. The molecule has 0 bridgehead atoms. The summed E-state index contributed by atoms with van der Waals surface area (Å²) in [5, 5.41) is 2.98. The monoisotopic (exact) mass is 433 g/mol. The van der Waals surface area contributed by atoms with Crippen molar-refractivity contribution in [2.75, 3.05) is 30.1 Å². The summed E-state index contributed by atoms with van der Waals surface area (Å²) in [4.78, 5) is 36.4. The van der Waals surface area contributed by atoms with Gasteiger partial charge in [-0.05, 0) is 37.1 Å². The molecule has 1 aromatic carbocycles. The molecule has 32 heavy (non-hydrogen) atoms. The molecule has 1 N–H and O–H groups in total. The Morgan fingerprint density at radius 1 is 1.12 bits per heavy atom. The number of rotatable bonds is 4. The molecule has 164 valence electrons. The fraction of sp³-hybridized carbons (Fsp3) is 0.304. The zero-order valence-electron chi connectivity index (χ0n) is 17.7. The van der Waals surface area contributed by atoms with Crippen LogP contribution in [0.25, 0.3) is 11.3 Å². The third-order valence-corrected chi connectivity index (χ3v) is 5.80. The van der Waals surface area contributed by atoms with Crippen molar-refractivity contribution in [3.8, 4) is 22.8 Å². The molecule has 5 rings (SSSR count). The lowest BCUT2D eigenvalue weighted by Gasteiger charge is -2.33. The summed E-state index contributed by atoms with van der Waals surface area (Å²) in [5.74, 6) is 1.57. The van der Waals surface area contributed by atoms with Crippen molar-refractivity contribution in [1.82, 2.24) is 14.5 Å². The highest BCUT2D eigenvalue weighted by atomic mass is 16.7. The van der Waals surface area contributed by atoms with Gasteiger partial charge < -0.3 is 19.7 Å². The van der Waals surface area contributed by atoms with Gasteiger partial charge in [0.1, 0.15) is 0 Å². The van der Waals surface area contributed by atoms with Crippen molar-refractivity contribution in [3.63, 3.8) is 0 Å². The van der Waals surface area contributed by atoms with E-state index in [-0.39, 0.29) is 24.2 Å². The van der Waals surface area contributed by atoms with E-state index in [2.05, 4.69) is 10.3 Å². The summed E-state index contributed by atoms with van der Waals surface area (Å²) in [6.07, 6.45) is 4.94. The second kappa shape index (κ2) is 8.33. The summed E-state index contributed by atoms with van der Waals surface area (Å²) in [6.45, 7) is 1.40. The van der Waals surface area contributed by atoms with Crippen LogP contribution in [-0.2, 0) is 11.8 Å². The van der Waals surface area contributed by atoms with Gasteiger partial charge in [0.25, 0.3) is 5.56 Å². The molecule has 1 unspecified atom stereocenters. The largest absolute Gasteiger partial charge is 0.454 e. The minimum atomic E-state index is -0.226. The Balaban J connectivity index is 1.35. The second-order valence-corrected chi connectivity index (χ2v) is 7.92. The van der Waals surface area contributed by atoms with E-state index in [1.165, 1.54) is 10.6 Å². The first-order chi connectivity index (χ1) is 15.6. The van der Waals surface area contributed by atoms with Gasteiger partial charge in [0, 0.05) is 55.9 Å². The number of ether oxygens (including phenoxy) is 2. The molecule has 0 radical (unpaired) electrons. The van der Waals surface area contributed by atoms with E-state index >= 15 is 0 Å². The van der Waals surface area contributed by atoms with Crippen molar-refractivity contribution in [1.29, 1.82) is 0 Å². The van der Waals surface area contributed by atoms with Crippen molar-refractivity contribution in [3.05, 3.63) is 59.1 Å². The highest BCUT2D eigenvalue weighted by Gasteiger charge is 2.28. The summed E-state index contributed by atoms with van der Waals surface area (Å²) >= 11 is 0. The number of aromatic nitrogens is 3. The molecule has 4 heterocycles. The molecular formula is C23H23N5O4. The van der Waals surface area contributed by atoms with Gasteiger partial charge in [-0.25, -0.2) is 4.98 Å². The highest BCUT2D eigenvalue weighted by molar-refractivity contribution is 5.93. The molecule has 2 aliphatic heterocycles. The second-order valence-electron chi connectivity index (χ2n) is 7.92. The lowest BCUT2D eigenvalue weighted by molar-refractivity contribution is -0.120. The van der Waals surface area contributed by atoms with E-state index in [0.29, 0.717) is 35.4 Å². The standard InChI is InChI=1S/C23H23N5O4/c1-27-21(29)12-18(15-6-8-24-9-7-15)26-23(27)28-10-2-3-16(13-28)22(30)25-17-4-5-19-20(11-17)32-14-31-19/h4-9,11-12,16H,2-3,10,13-14H2,1H3,(H,25,30). The Labute approximate surface area is 184 Å². The van der Waals surface area contributed by atoms with Crippen LogP contribution in [0.15, 0.2) is 53.6 Å². The van der Waals surface area contributed by atoms with Crippen LogP contribution in [0.1, 0.15) is 12.8 Å². The van der Waals surface area contributed by atoms with E-state index in [1.807, 2.05) is 17.0 Å². The van der Waals surface area contributed by atoms with Crippen molar-refractivity contribution < 1.29 is 14.3 Å². The van der Waals surface area contributed by atoms with Gasteiger partial charge >= 0.3 is 0 Å². The normalized spacial score (nSPS) is 17.3. The smallest absolute Gasteiger partial charge is 0.255 e. The average molecular weight is 433 g/mol. The number of pyridine rings is 1. The Morgan fingerprint density at radius 2 is 1.94 bits per heavy atom. The molecule has 1 fully saturated rings. The van der Waals surface area contributed by atoms with Crippen LogP contribution < -0.4 is 25.2 Å². The van der Waals surface area contributed by atoms with Crippen LogP contribution in [0, 0.1) is 5.92 Å². The Kier molecular flexibility index (Phi) is 5.22. The molecule has 1 saturated heterocycles. The van der Waals surface area contributed by atoms with Crippen LogP contribution in [0.3, 0.4) is 0 Å². The molecule has 3 aromatic rings. The maximum atomic E-state index is 13.0. The number of carbonyl (C=O) groups is 1. The van der Waals surface area contributed by atoms with Gasteiger partial charge in [0.05, 0.1) is 11.6 Å². The Hall–Kier alpha value is -3.88. The lowest BCUT2D eigenvalue weighted by Crippen LogP contribution is -2.43. The van der Waals surface area contributed by atoms with Crippen LogP contribution >= 0.6 is 0 Å². The van der Waals surface area contributed by atoms with Crippen molar-refractivity contribution in [2.45, 2.75) is 12.8 Å². The number of anilines is 2. The maximum Gasteiger partial charge on any atom is 0.255 e. The SMILES string of the molecule is Cn1c(N2CCCC(C(=O)Nc3ccc4c(c3)OCO4)C2)nc(-c2ccncc2)cc1=O. The van der Waals surface area contributed by atoms with Crippen molar-refractivity contribution in [2.24, 2.45) is 13.0 Å². The lowest BCUT2D eigenvalue weighted by atomic mass is 9.97. The number of fused-ring (bicyclic) bond motifs is 1. The van der Waals surface area contributed by atoms with Crippen LogP contribution in [0.2, 0.25) is 0 Å². The Bertz CT molecular complexity index is 1210. The van der Waals surface area contributed by atoms with E-state index in [4.69, 9.17) is 14.5 Å². The minimum absolute atomic E-state index is 0.0659. The van der Waals surface area contributed by atoms with Crippen LogP contribution in [0.4, 0.5) is 11.6 Å². The number of piperidine rings is 1. The summed E-state index contributed by atoms with van der Waals surface area (Å²) in [6, 6.07) is 10.5. The predicted octanol–water partition coefficient (Wildman–Crippen LogP) is 2.43. The number of hydrogen-bond acceptors (Lipinski definition) is 7. The molecule has 0 spiro atoms. The number of carbonyl (C=O) groups excluding carboxylic acids is 1. The molecule has 9 nitrogen and oxygen atoms in total. The van der Waals surface area contributed by atoms with Crippen LogP contribution in [0.5, 0.6) is 11.5 Å². The third kappa shape index (κ3) is 3.89. The van der Waals surface area contributed by atoms with Gasteiger partial charge in [-0.1, -0.05) is 0 Å². The van der Waals surface area contributed by atoms with E-state index in [1.54, 1.807) is 37.6 Å². The maximum absolute atomic E-state index is 13.0. The van der Waals surface area contributed by atoms with Gasteiger partial charge in [0.2, 0.25) is 18.6 Å². The van der Waals surface area contributed by atoms with Crippen molar-refractivity contribution >= 4 is 17.5 Å². The predicted molar refractivity (Wildman–Crippen MR) is 119 cm³/mol. The molecule has 1 atom stereocenters. The molecular weight excluding hydrogens is 410 g/mol. The van der Waals surface area contributed by atoms with Gasteiger partial charge in [-0.15, -0.1) is 0 Å². The summed E-state index contributed by atoms with van der Waals surface area (Å²) < 4.78 is 12.2. The number of nitrogens with one attached hydrogen (secondary N) is 1. The topological polar surface area (TPSA) is 98.6 Å². The zero-order valence-corrected chi connectivity index (χ0v) is 17.7. The summed E-state index contributed by atoms with van der Waals surface area (Å²) in [5.41, 5.74) is 1.95. The zero-order chi connectivity index (χ0) is 22.1. The first-order valence-electron chi connectivity index (χ1n) is 10.5. The molecule has 1 amide bonds. The number of benzene rings is 1. The molecule has 2 aromatic heterocycles. The van der Waals surface area contributed by atoms with Gasteiger partial charge in [0.15, 0.2) is 11.5 Å². The van der Waals surface area contributed by atoms with Crippen LogP contribution in [-0.4, -0.2) is 40.3 Å². The third-order valence-electron chi connectivity index (χ3n) is 5.80. The summed E-state index contributed by atoms with van der Waals surface area (Å²) in [7, 11) is 1.71. The fourth-order valence-electron chi connectivity index (χ4n) is 4.07. The van der Waals surface area contributed by atoms with Gasteiger partial charge in [-0.3, -0.25) is 19.1 Å².